The van der Waals surface area contributed by atoms with Crippen LogP contribution in [0.15, 0.2) is 41.3 Å². The van der Waals surface area contributed by atoms with Gasteiger partial charge in [0, 0.05) is 30.9 Å². The van der Waals surface area contributed by atoms with E-state index in [1.165, 1.54) is 32.5 Å². The van der Waals surface area contributed by atoms with E-state index in [1.807, 2.05) is 0 Å². The van der Waals surface area contributed by atoms with Crippen molar-refractivity contribution in [2.75, 3.05) is 20.8 Å². The maximum absolute atomic E-state index is 12.5. The van der Waals surface area contributed by atoms with Gasteiger partial charge in [-0.1, -0.05) is 6.07 Å². The second-order valence-electron chi connectivity index (χ2n) is 7.42. The molecule has 2 aromatic heterocycles. The number of hydrogen-bond donors (Lipinski definition) is 2. The molecule has 2 N–H and O–H groups in total. The molecule has 1 aliphatic heterocycles. The van der Waals surface area contributed by atoms with Crippen LogP contribution in [0, 0.1) is 11.6 Å². The molecule has 7 nitrogen and oxygen atoms in total. The summed E-state index contributed by atoms with van der Waals surface area (Å²) in [6.07, 6.45) is 3.76. The SMILES string of the molecule is CNC(=O)c1nccc2[nH]c(C3CCC(C)OC3)cc(=O)c12.COc1cccc(F)c1F. The summed E-state index contributed by atoms with van der Waals surface area (Å²) in [7, 11) is 2.81. The molecule has 0 radical (unpaired) electrons. The molecule has 0 aliphatic carbocycles. The molecular formula is C23H25F2N3O4. The fourth-order valence-corrected chi connectivity index (χ4v) is 3.50. The highest BCUT2D eigenvalue weighted by molar-refractivity contribution is 6.04. The van der Waals surface area contributed by atoms with Crippen molar-refractivity contribution in [2.45, 2.75) is 31.8 Å². The largest absolute Gasteiger partial charge is 0.494 e. The number of benzene rings is 1. The van der Waals surface area contributed by atoms with Crippen molar-refractivity contribution < 1.29 is 23.0 Å². The van der Waals surface area contributed by atoms with Crippen LogP contribution in [0.25, 0.3) is 10.9 Å². The molecule has 1 saturated heterocycles. The van der Waals surface area contributed by atoms with E-state index in [9.17, 15) is 18.4 Å². The molecule has 2 unspecified atom stereocenters. The molecule has 1 amide bonds. The molecule has 32 heavy (non-hydrogen) atoms. The number of carbonyl (C=O) groups excluding carboxylic acids is 1. The summed E-state index contributed by atoms with van der Waals surface area (Å²) in [6.45, 7) is 2.66. The summed E-state index contributed by atoms with van der Waals surface area (Å²) in [5.74, 6) is -2.08. The van der Waals surface area contributed by atoms with Crippen LogP contribution in [0.4, 0.5) is 8.78 Å². The van der Waals surface area contributed by atoms with E-state index in [0.29, 0.717) is 17.5 Å². The molecule has 0 saturated carbocycles. The monoisotopic (exact) mass is 445 g/mol. The molecule has 4 rings (SSSR count). The quantitative estimate of drug-likeness (QED) is 0.643. The topological polar surface area (TPSA) is 93.3 Å². The van der Waals surface area contributed by atoms with Crippen molar-refractivity contribution in [3.63, 3.8) is 0 Å². The van der Waals surface area contributed by atoms with Crippen LogP contribution in [0.3, 0.4) is 0 Å². The lowest BCUT2D eigenvalue weighted by Gasteiger charge is -2.27. The summed E-state index contributed by atoms with van der Waals surface area (Å²) < 4.78 is 35.0. The number of rotatable bonds is 3. The van der Waals surface area contributed by atoms with Crippen molar-refractivity contribution in [1.82, 2.24) is 15.3 Å². The summed E-state index contributed by atoms with van der Waals surface area (Å²) in [5.41, 5.74) is 1.46. The van der Waals surface area contributed by atoms with E-state index >= 15 is 0 Å². The Morgan fingerprint density at radius 3 is 2.69 bits per heavy atom. The third kappa shape index (κ3) is 5.11. The fraction of sp³-hybridized carbons (Fsp3) is 0.348. The predicted molar refractivity (Wildman–Crippen MR) is 116 cm³/mol. The zero-order valence-corrected chi connectivity index (χ0v) is 18.1. The lowest BCUT2D eigenvalue weighted by atomic mass is 9.95. The third-order valence-corrected chi connectivity index (χ3v) is 5.28. The van der Waals surface area contributed by atoms with Crippen LogP contribution >= 0.6 is 0 Å². The van der Waals surface area contributed by atoms with Gasteiger partial charge in [0.05, 0.1) is 30.7 Å². The predicted octanol–water partition coefficient (Wildman–Crippen LogP) is 3.54. The van der Waals surface area contributed by atoms with E-state index in [-0.39, 0.29) is 34.8 Å². The molecule has 0 spiro atoms. The molecule has 3 aromatic rings. The van der Waals surface area contributed by atoms with Gasteiger partial charge in [0.15, 0.2) is 17.0 Å². The first-order valence-corrected chi connectivity index (χ1v) is 10.2. The Morgan fingerprint density at radius 2 is 2.06 bits per heavy atom. The van der Waals surface area contributed by atoms with Gasteiger partial charge in [-0.2, -0.15) is 4.39 Å². The van der Waals surface area contributed by atoms with Gasteiger partial charge < -0.3 is 19.8 Å². The van der Waals surface area contributed by atoms with E-state index in [1.54, 1.807) is 12.1 Å². The second-order valence-corrected chi connectivity index (χ2v) is 7.42. The van der Waals surface area contributed by atoms with Gasteiger partial charge in [-0.05, 0) is 38.0 Å². The molecule has 9 heteroatoms. The number of H-pyrrole nitrogens is 1. The molecular weight excluding hydrogens is 420 g/mol. The van der Waals surface area contributed by atoms with E-state index < -0.39 is 11.6 Å². The number of aromatic amines is 1. The number of pyridine rings is 2. The number of aromatic nitrogens is 2. The number of hydrogen-bond acceptors (Lipinski definition) is 5. The number of methoxy groups -OCH3 is 1. The first-order chi connectivity index (χ1) is 15.3. The van der Waals surface area contributed by atoms with E-state index in [4.69, 9.17) is 4.74 Å². The van der Waals surface area contributed by atoms with Crippen molar-refractivity contribution in [2.24, 2.45) is 0 Å². The molecule has 1 aliphatic rings. The number of fused-ring (bicyclic) bond motifs is 1. The highest BCUT2D eigenvalue weighted by Gasteiger charge is 2.22. The van der Waals surface area contributed by atoms with Crippen molar-refractivity contribution in [3.05, 3.63) is 69.8 Å². The first kappa shape index (κ1) is 23.3. The first-order valence-electron chi connectivity index (χ1n) is 10.2. The highest BCUT2D eigenvalue weighted by Crippen LogP contribution is 2.27. The minimum Gasteiger partial charge on any atom is -0.494 e. The van der Waals surface area contributed by atoms with E-state index in [0.717, 1.165) is 24.6 Å². The summed E-state index contributed by atoms with van der Waals surface area (Å²) in [5, 5.41) is 2.84. The molecule has 1 aromatic carbocycles. The van der Waals surface area contributed by atoms with Gasteiger partial charge in [0.1, 0.15) is 5.69 Å². The molecule has 170 valence electrons. The number of amides is 1. The molecule has 3 heterocycles. The smallest absolute Gasteiger partial charge is 0.270 e. The number of carbonyl (C=O) groups is 1. The summed E-state index contributed by atoms with van der Waals surface area (Å²) in [6, 6.07) is 7.08. The van der Waals surface area contributed by atoms with Gasteiger partial charge >= 0.3 is 0 Å². The Bertz CT molecular complexity index is 1160. The molecule has 0 bridgehead atoms. The Morgan fingerprint density at radius 1 is 1.28 bits per heavy atom. The molecule has 2 atom stereocenters. The van der Waals surface area contributed by atoms with Gasteiger partial charge in [0.25, 0.3) is 5.91 Å². The van der Waals surface area contributed by atoms with Gasteiger partial charge in [-0.3, -0.25) is 14.6 Å². The number of halogens is 2. The maximum Gasteiger partial charge on any atom is 0.270 e. The Balaban J connectivity index is 0.000000243. The lowest BCUT2D eigenvalue weighted by Crippen LogP contribution is -2.25. The number of nitrogens with one attached hydrogen (secondary N) is 2. The normalized spacial score (nSPS) is 17.9. The standard InChI is InChI=1S/C16H19N3O3.C7H6F2O/c1-9-3-4-10(8-22-9)12-7-13(20)14-11(19-12)5-6-18-15(14)16(21)17-2;1-10-6-4-2-3-5(8)7(6)9/h5-7,9-10H,3-4,8H2,1-2H3,(H,17,21)(H,19,20);2-4H,1H3. The lowest BCUT2D eigenvalue weighted by molar-refractivity contribution is 0.0147. The van der Waals surface area contributed by atoms with E-state index in [2.05, 4.69) is 26.9 Å². The van der Waals surface area contributed by atoms with Gasteiger partial charge in [-0.25, -0.2) is 4.39 Å². The van der Waals surface area contributed by atoms with Crippen LogP contribution in [0.5, 0.6) is 5.75 Å². The van der Waals surface area contributed by atoms with Crippen molar-refractivity contribution in [1.29, 1.82) is 0 Å². The third-order valence-electron chi connectivity index (χ3n) is 5.28. The van der Waals surface area contributed by atoms with Crippen molar-refractivity contribution in [3.8, 4) is 5.75 Å². The van der Waals surface area contributed by atoms with Crippen LogP contribution < -0.4 is 15.5 Å². The Hall–Kier alpha value is -3.33. The average molecular weight is 445 g/mol. The number of nitrogens with zero attached hydrogens (tertiary/aromatic N) is 1. The van der Waals surface area contributed by atoms with Crippen molar-refractivity contribution >= 4 is 16.8 Å². The van der Waals surface area contributed by atoms with Crippen LogP contribution in [-0.4, -0.2) is 42.7 Å². The Labute approximate surface area is 183 Å². The number of ether oxygens (including phenoxy) is 2. The van der Waals surface area contributed by atoms with Crippen LogP contribution in [0.2, 0.25) is 0 Å². The van der Waals surface area contributed by atoms with Gasteiger partial charge in [0.2, 0.25) is 5.82 Å². The zero-order chi connectivity index (χ0) is 23.3. The van der Waals surface area contributed by atoms with Gasteiger partial charge in [-0.15, -0.1) is 0 Å². The Kier molecular flexibility index (Phi) is 7.53. The maximum atomic E-state index is 12.5. The highest BCUT2D eigenvalue weighted by atomic mass is 19.2. The van der Waals surface area contributed by atoms with Crippen LogP contribution in [-0.2, 0) is 4.74 Å². The average Bonchev–Trinajstić information content (AvgIpc) is 2.80. The van der Waals surface area contributed by atoms with Crippen LogP contribution in [0.1, 0.15) is 41.9 Å². The minimum absolute atomic E-state index is 0.0694. The minimum atomic E-state index is -0.940. The summed E-state index contributed by atoms with van der Waals surface area (Å²) in [4.78, 5) is 31.6. The second kappa shape index (κ2) is 10.3. The molecule has 1 fully saturated rings. The zero-order valence-electron chi connectivity index (χ0n) is 18.1. The summed E-state index contributed by atoms with van der Waals surface area (Å²) >= 11 is 0. The fourth-order valence-electron chi connectivity index (χ4n) is 3.50.